The zero-order valence-electron chi connectivity index (χ0n) is 16.8. The second-order valence-electron chi connectivity index (χ2n) is 3.86. The predicted molar refractivity (Wildman–Crippen MR) is 109 cm³/mol. The zero-order chi connectivity index (χ0) is 19.0. The average Bonchev–Trinajstić information content (AvgIpc) is 2.60. The Labute approximate surface area is 144 Å². The minimum Gasteiger partial charge on any atom is -0.320 e. The van der Waals surface area contributed by atoms with E-state index in [9.17, 15) is 0 Å². The minimum absolute atomic E-state index is 0.783. The maximum absolute atomic E-state index is 4.44. The minimum atomic E-state index is 0.783. The van der Waals surface area contributed by atoms with Crippen molar-refractivity contribution in [2.24, 2.45) is 9.98 Å². The molecule has 132 valence electrons. The van der Waals surface area contributed by atoms with E-state index in [4.69, 9.17) is 0 Å². The van der Waals surface area contributed by atoms with E-state index >= 15 is 0 Å². The third kappa shape index (κ3) is 8.97. The highest BCUT2D eigenvalue weighted by molar-refractivity contribution is 6.52. The van der Waals surface area contributed by atoms with E-state index in [2.05, 4.69) is 29.7 Å². The molecule has 0 unspecified atom stereocenters. The summed E-state index contributed by atoms with van der Waals surface area (Å²) in [6.45, 7) is 27.8. The fourth-order valence-corrected chi connectivity index (χ4v) is 1.52. The number of hydrogen-bond donors (Lipinski definition) is 0. The molecule has 0 radical (unpaired) electrons. The van der Waals surface area contributed by atoms with E-state index in [-0.39, 0.29) is 0 Å². The van der Waals surface area contributed by atoms with Gasteiger partial charge in [-0.05, 0) is 19.4 Å². The first-order valence-corrected chi connectivity index (χ1v) is 8.57. The number of aliphatic imine (C=N–C) groups is 2. The number of nitrogens with zero attached hydrogens (tertiary/aromatic N) is 3. The smallest absolute Gasteiger partial charge is 0.106 e. The van der Waals surface area contributed by atoms with Gasteiger partial charge in [0.15, 0.2) is 0 Å². The van der Waals surface area contributed by atoms with Gasteiger partial charge in [-0.2, -0.15) is 0 Å². The highest BCUT2D eigenvalue weighted by Gasteiger charge is 2.20. The lowest BCUT2D eigenvalue weighted by molar-refractivity contribution is 0.608. The van der Waals surface area contributed by atoms with Crippen molar-refractivity contribution in [1.29, 1.82) is 0 Å². The van der Waals surface area contributed by atoms with Crippen LogP contribution >= 0.6 is 0 Å². The molecule has 0 aromatic heterocycles. The fourth-order valence-electron chi connectivity index (χ4n) is 1.52. The Morgan fingerprint density at radius 2 is 1.57 bits per heavy atom. The van der Waals surface area contributed by atoms with Crippen LogP contribution in [0.4, 0.5) is 0 Å². The summed E-state index contributed by atoms with van der Waals surface area (Å²) in [4.78, 5) is 10.6. The Morgan fingerprint density at radius 3 is 1.91 bits per heavy atom. The van der Waals surface area contributed by atoms with Gasteiger partial charge in [0.1, 0.15) is 5.71 Å². The molecule has 0 aromatic rings. The molecule has 0 saturated carbocycles. The second kappa shape index (κ2) is 16.5. The van der Waals surface area contributed by atoms with Crippen molar-refractivity contribution < 1.29 is 0 Å². The molecule has 1 heterocycles. The molecular formula is C20H37N3. The maximum atomic E-state index is 4.44. The normalized spacial score (nSPS) is 15.7. The van der Waals surface area contributed by atoms with E-state index in [0.29, 0.717) is 0 Å². The van der Waals surface area contributed by atoms with E-state index in [0.717, 1.165) is 34.9 Å². The van der Waals surface area contributed by atoms with Gasteiger partial charge in [-0.15, -0.1) is 0 Å². The van der Waals surface area contributed by atoms with Gasteiger partial charge in [-0.25, -0.2) is 0 Å². The van der Waals surface area contributed by atoms with E-state index in [1.54, 1.807) is 7.05 Å². The van der Waals surface area contributed by atoms with Crippen molar-refractivity contribution in [3.63, 3.8) is 0 Å². The Hall–Kier alpha value is -1.90. The average molecular weight is 320 g/mol. The molecule has 0 aromatic carbocycles. The molecule has 0 amide bonds. The number of hydrogen-bond acceptors (Lipinski definition) is 3. The summed E-state index contributed by atoms with van der Waals surface area (Å²) in [6, 6.07) is 0. The summed E-state index contributed by atoms with van der Waals surface area (Å²) in [5, 5.41) is 0. The molecule has 0 bridgehead atoms. The molecule has 0 spiro atoms. The molecule has 0 fully saturated rings. The lowest BCUT2D eigenvalue weighted by atomic mass is 10.1. The summed E-state index contributed by atoms with van der Waals surface area (Å²) in [7, 11) is 1.74. The van der Waals surface area contributed by atoms with Crippen molar-refractivity contribution in [1.82, 2.24) is 4.90 Å². The van der Waals surface area contributed by atoms with Crippen molar-refractivity contribution in [2.75, 3.05) is 7.05 Å². The van der Waals surface area contributed by atoms with Crippen LogP contribution in [0.3, 0.4) is 0 Å². The second-order valence-corrected chi connectivity index (χ2v) is 3.86. The van der Waals surface area contributed by atoms with Gasteiger partial charge in [0.2, 0.25) is 0 Å². The Kier molecular flexibility index (Phi) is 18.6. The van der Waals surface area contributed by atoms with Crippen LogP contribution in [0.2, 0.25) is 0 Å². The standard InChI is InChI=1S/C14H19N3.3C2H6/c1-7-11(4)16-13-8-9-17(10(2)3)12(5)14(13)15-6;3*1-2/h8-9H,2,4-5,7H2,1,3,6H3;3*1-2H3. The van der Waals surface area contributed by atoms with Gasteiger partial charge >= 0.3 is 0 Å². The monoisotopic (exact) mass is 319 g/mol. The predicted octanol–water partition coefficient (Wildman–Crippen LogP) is 6.38. The lowest BCUT2D eigenvalue weighted by Crippen LogP contribution is -2.29. The molecule has 1 aliphatic heterocycles. The van der Waals surface area contributed by atoms with Crippen molar-refractivity contribution >= 4 is 11.4 Å². The Balaban J connectivity index is -0.000000595. The lowest BCUT2D eigenvalue weighted by Gasteiger charge is -2.27. The van der Waals surface area contributed by atoms with E-state index in [1.165, 1.54) is 0 Å². The summed E-state index contributed by atoms with van der Waals surface area (Å²) in [6.07, 6.45) is 4.64. The van der Waals surface area contributed by atoms with Crippen molar-refractivity contribution in [3.8, 4) is 0 Å². The molecule has 1 aliphatic rings. The maximum Gasteiger partial charge on any atom is 0.106 e. The third-order valence-electron chi connectivity index (χ3n) is 2.51. The first kappa shape index (κ1) is 26.0. The fraction of sp³-hybridized carbons (Fsp3) is 0.500. The first-order chi connectivity index (χ1) is 11.0. The van der Waals surface area contributed by atoms with Crippen molar-refractivity contribution in [2.45, 2.75) is 61.8 Å². The van der Waals surface area contributed by atoms with Gasteiger partial charge in [0.25, 0.3) is 0 Å². The van der Waals surface area contributed by atoms with Crippen LogP contribution in [-0.2, 0) is 0 Å². The third-order valence-corrected chi connectivity index (χ3v) is 2.51. The summed E-state index contributed by atoms with van der Waals surface area (Å²) >= 11 is 0. The molecule has 3 nitrogen and oxygen atoms in total. The SMILES string of the molecule is C=C(CC)N=C1C=CN(C(=C)C)C(=C)C1=NC.CC.CC.CC. The van der Waals surface area contributed by atoms with Crippen LogP contribution in [0, 0.1) is 0 Å². The highest BCUT2D eigenvalue weighted by atomic mass is 15.1. The molecule has 0 aliphatic carbocycles. The number of rotatable bonds is 3. The molecule has 0 N–H and O–H groups in total. The first-order valence-electron chi connectivity index (χ1n) is 8.57. The largest absolute Gasteiger partial charge is 0.320 e. The molecular weight excluding hydrogens is 282 g/mol. The van der Waals surface area contributed by atoms with Crippen LogP contribution in [0.1, 0.15) is 61.8 Å². The molecule has 23 heavy (non-hydrogen) atoms. The Morgan fingerprint density at radius 1 is 1.09 bits per heavy atom. The summed E-state index contributed by atoms with van der Waals surface area (Å²) < 4.78 is 0. The van der Waals surface area contributed by atoms with Gasteiger partial charge < -0.3 is 4.90 Å². The highest BCUT2D eigenvalue weighted by Crippen LogP contribution is 2.19. The van der Waals surface area contributed by atoms with Crippen LogP contribution in [0.15, 0.2) is 59.1 Å². The summed E-state index contributed by atoms with van der Waals surface area (Å²) in [5.41, 5.74) is 4.13. The quantitative estimate of drug-likeness (QED) is 0.593. The van der Waals surface area contributed by atoms with Gasteiger partial charge in [0, 0.05) is 24.6 Å². The van der Waals surface area contributed by atoms with Crippen LogP contribution in [0.25, 0.3) is 0 Å². The van der Waals surface area contributed by atoms with Gasteiger partial charge in [0.05, 0.1) is 11.4 Å². The molecule has 0 saturated heterocycles. The molecule has 0 atom stereocenters. The van der Waals surface area contributed by atoms with Crippen molar-refractivity contribution in [3.05, 3.63) is 49.1 Å². The van der Waals surface area contributed by atoms with Crippen LogP contribution in [0.5, 0.6) is 0 Å². The molecule has 3 heteroatoms. The van der Waals surface area contributed by atoms with Crippen LogP contribution in [-0.4, -0.2) is 23.4 Å². The van der Waals surface area contributed by atoms with E-state index < -0.39 is 0 Å². The molecule has 1 rings (SSSR count). The Bertz CT molecular complexity index is 452. The van der Waals surface area contributed by atoms with Gasteiger partial charge in [-0.3, -0.25) is 9.98 Å². The number of allylic oxidation sites excluding steroid dienone is 4. The van der Waals surface area contributed by atoms with Crippen LogP contribution < -0.4 is 0 Å². The zero-order valence-corrected chi connectivity index (χ0v) is 16.8. The van der Waals surface area contributed by atoms with Gasteiger partial charge in [-0.1, -0.05) is 68.2 Å². The van der Waals surface area contributed by atoms with E-state index in [1.807, 2.05) is 72.6 Å². The topological polar surface area (TPSA) is 28.0 Å². The summed E-state index contributed by atoms with van der Waals surface area (Å²) in [5.74, 6) is 0.